The number of nitrogens with one attached hydrogen (secondary N) is 1. The fraction of sp³-hybridized carbons (Fsp3) is 0.538. The Morgan fingerprint density at radius 2 is 2.00 bits per heavy atom. The fourth-order valence-corrected chi connectivity index (χ4v) is 2.04. The number of benzene rings is 1. The summed E-state index contributed by atoms with van der Waals surface area (Å²) in [5, 5.41) is 3.29. The summed E-state index contributed by atoms with van der Waals surface area (Å²) in [5.74, 6) is -0.437. The summed E-state index contributed by atoms with van der Waals surface area (Å²) in [7, 11) is 0. The van der Waals surface area contributed by atoms with Crippen LogP contribution in [0, 0.1) is 17.6 Å². The van der Waals surface area contributed by atoms with Gasteiger partial charge in [0.25, 0.3) is 0 Å². The van der Waals surface area contributed by atoms with Gasteiger partial charge in [0.1, 0.15) is 11.6 Å². The van der Waals surface area contributed by atoms with E-state index in [1.807, 2.05) is 0 Å². The Bertz CT molecular complexity index is 344. The van der Waals surface area contributed by atoms with Crippen molar-refractivity contribution in [2.75, 3.05) is 26.3 Å². The minimum atomic E-state index is -0.510. The van der Waals surface area contributed by atoms with Crippen LogP contribution in [0.15, 0.2) is 18.2 Å². The summed E-state index contributed by atoms with van der Waals surface area (Å²) in [6.45, 7) is 3.32. The fourth-order valence-electron chi connectivity index (χ4n) is 2.04. The lowest BCUT2D eigenvalue weighted by Crippen LogP contribution is -2.25. The molecule has 1 fully saturated rings. The largest absolute Gasteiger partial charge is 0.381 e. The summed E-state index contributed by atoms with van der Waals surface area (Å²) in [5.41, 5.74) is 0.692. The lowest BCUT2D eigenvalue weighted by Gasteiger charge is -2.09. The Morgan fingerprint density at radius 3 is 2.65 bits per heavy atom. The molecule has 4 heteroatoms. The van der Waals surface area contributed by atoms with Gasteiger partial charge in [-0.15, -0.1) is 0 Å². The Morgan fingerprint density at radius 1 is 1.24 bits per heavy atom. The van der Waals surface area contributed by atoms with Crippen molar-refractivity contribution in [1.82, 2.24) is 5.32 Å². The van der Waals surface area contributed by atoms with Gasteiger partial charge in [-0.05, 0) is 43.0 Å². The minimum Gasteiger partial charge on any atom is -0.381 e. The lowest BCUT2D eigenvalue weighted by molar-refractivity contribution is 0.185. The first-order chi connectivity index (χ1) is 8.24. The topological polar surface area (TPSA) is 21.3 Å². The van der Waals surface area contributed by atoms with Crippen molar-refractivity contribution in [3.63, 3.8) is 0 Å². The smallest absolute Gasteiger partial charge is 0.126 e. The average Bonchev–Trinajstić information content (AvgIpc) is 2.76. The maximum absolute atomic E-state index is 12.9. The summed E-state index contributed by atoms with van der Waals surface area (Å²) in [6.07, 6.45) is 1.74. The Balaban J connectivity index is 1.70. The highest BCUT2D eigenvalue weighted by Crippen LogP contribution is 2.11. The van der Waals surface area contributed by atoms with Crippen LogP contribution in [0.5, 0.6) is 0 Å². The van der Waals surface area contributed by atoms with E-state index in [0.29, 0.717) is 17.9 Å². The van der Waals surface area contributed by atoms with E-state index in [4.69, 9.17) is 4.74 Å². The summed E-state index contributed by atoms with van der Waals surface area (Å²) >= 11 is 0. The third kappa shape index (κ3) is 4.06. The third-order valence-corrected chi connectivity index (χ3v) is 2.97. The van der Waals surface area contributed by atoms with Gasteiger partial charge in [-0.1, -0.05) is 0 Å². The van der Waals surface area contributed by atoms with E-state index in [0.717, 1.165) is 38.8 Å². The lowest BCUT2D eigenvalue weighted by atomic mass is 10.1. The van der Waals surface area contributed by atoms with Gasteiger partial charge >= 0.3 is 0 Å². The molecule has 0 amide bonds. The van der Waals surface area contributed by atoms with Gasteiger partial charge in [0.15, 0.2) is 0 Å². The van der Waals surface area contributed by atoms with Crippen molar-refractivity contribution in [2.45, 2.75) is 12.8 Å². The van der Waals surface area contributed by atoms with Gasteiger partial charge in [0.2, 0.25) is 0 Å². The number of hydrogen-bond acceptors (Lipinski definition) is 2. The Hall–Kier alpha value is -1.00. The van der Waals surface area contributed by atoms with E-state index in [1.165, 1.54) is 12.1 Å². The maximum Gasteiger partial charge on any atom is 0.126 e. The molecule has 1 atom stereocenters. The molecule has 17 heavy (non-hydrogen) atoms. The molecule has 1 aliphatic heterocycles. The highest BCUT2D eigenvalue weighted by Gasteiger charge is 2.14. The van der Waals surface area contributed by atoms with Crippen molar-refractivity contribution in [2.24, 2.45) is 5.92 Å². The molecule has 0 spiro atoms. The normalized spacial score (nSPS) is 19.8. The molecule has 1 saturated heterocycles. The van der Waals surface area contributed by atoms with Crippen LogP contribution in [0.2, 0.25) is 0 Å². The second-order valence-electron chi connectivity index (χ2n) is 4.46. The minimum absolute atomic E-state index is 0.510. The van der Waals surface area contributed by atoms with E-state index in [9.17, 15) is 8.78 Å². The molecular formula is C13H17F2NO. The molecule has 1 unspecified atom stereocenters. The molecule has 0 aromatic heterocycles. The van der Waals surface area contributed by atoms with Crippen molar-refractivity contribution in [1.29, 1.82) is 0 Å². The molecule has 1 aliphatic rings. The van der Waals surface area contributed by atoms with E-state index in [2.05, 4.69) is 5.32 Å². The van der Waals surface area contributed by atoms with Crippen LogP contribution in [-0.2, 0) is 11.2 Å². The predicted molar refractivity (Wildman–Crippen MR) is 61.9 cm³/mol. The van der Waals surface area contributed by atoms with Crippen molar-refractivity contribution in [3.8, 4) is 0 Å². The van der Waals surface area contributed by atoms with E-state index in [1.54, 1.807) is 0 Å². The zero-order valence-corrected chi connectivity index (χ0v) is 9.72. The SMILES string of the molecule is Fc1cc(F)cc(CCNCC2CCOC2)c1. The molecule has 0 bridgehead atoms. The standard InChI is InChI=1S/C13H17F2NO/c14-12-5-10(6-13(15)7-12)1-3-16-8-11-2-4-17-9-11/h5-7,11,16H,1-4,8-9H2. The van der Waals surface area contributed by atoms with E-state index < -0.39 is 11.6 Å². The zero-order valence-electron chi connectivity index (χ0n) is 9.72. The van der Waals surface area contributed by atoms with Crippen LogP contribution in [-0.4, -0.2) is 26.3 Å². The van der Waals surface area contributed by atoms with Crippen molar-refractivity contribution < 1.29 is 13.5 Å². The molecule has 1 heterocycles. The molecule has 94 valence electrons. The van der Waals surface area contributed by atoms with E-state index >= 15 is 0 Å². The third-order valence-electron chi connectivity index (χ3n) is 2.97. The van der Waals surface area contributed by atoms with Crippen LogP contribution in [0.3, 0.4) is 0 Å². The molecule has 1 N–H and O–H groups in total. The van der Waals surface area contributed by atoms with Crippen molar-refractivity contribution in [3.05, 3.63) is 35.4 Å². The van der Waals surface area contributed by atoms with Crippen LogP contribution >= 0.6 is 0 Å². The van der Waals surface area contributed by atoms with Crippen LogP contribution in [0.1, 0.15) is 12.0 Å². The highest BCUT2D eigenvalue weighted by atomic mass is 19.1. The van der Waals surface area contributed by atoms with Gasteiger partial charge in [-0.2, -0.15) is 0 Å². The zero-order chi connectivity index (χ0) is 12.1. The van der Waals surface area contributed by atoms with Gasteiger partial charge in [0.05, 0.1) is 6.61 Å². The van der Waals surface area contributed by atoms with Crippen LogP contribution < -0.4 is 5.32 Å². The number of rotatable bonds is 5. The number of ether oxygens (including phenoxy) is 1. The molecule has 1 aromatic rings. The first-order valence-electron chi connectivity index (χ1n) is 5.97. The van der Waals surface area contributed by atoms with Gasteiger partial charge < -0.3 is 10.1 Å². The second-order valence-corrected chi connectivity index (χ2v) is 4.46. The molecule has 0 aliphatic carbocycles. The monoisotopic (exact) mass is 241 g/mol. The Labute approximate surface area is 100.0 Å². The predicted octanol–water partition coefficient (Wildman–Crippen LogP) is 2.13. The highest BCUT2D eigenvalue weighted by molar-refractivity contribution is 5.18. The summed E-state index contributed by atoms with van der Waals surface area (Å²) in [6, 6.07) is 3.65. The van der Waals surface area contributed by atoms with Crippen LogP contribution in [0.25, 0.3) is 0 Å². The van der Waals surface area contributed by atoms with Gasteiger partial charge in [-0.3, -0.25) is 0 Å². The molecular weight excluding hydrogens is 224 g/mol. The first-order valence-corrected chi connectivity index (χ1v) is 5.97. The quantitative estimate of drug-likeness (QED) is 0.797. The van der Waals surface area contributed by atoms with Crippen molar-refractivity contribution >= 4 is 0 Å². The first kappa shape index (κ1) is 12.5. The molecule has 2 nitrogen and oxygen atoms in total. The number of hydrogen-bond donors (Lipinski definition) is 1. The Kier molecular flexibility index (Phi) is 4.45. The molecule has 0 saturated carbocycles. The molecule has 2 rings (SSSR count). The summed E-state index contributed by atoms with van der Waals surface area (Å²) < 4.78 is 31.1. The van der Waals surface area contributed by atoms with Gasteiger partial charge in [-0.25, -0.2) is 8.78 Å². The van der Waals surface area contributed by atoms with E-state index in [-0.39, 0.29) is 0 Å². The average molecular weight is 241 g/mol. The second kappa shape index (κ2) is 6.07. The van der Waals surface area contributed by atoms with Gasteiger partial charge in [0, 0.05) is 19.2 Å². The van der Waals surface area contributed by atoms with Crippen LogP contribution in [0.4, 0.5) is 8.78 Å². The molecule has 0 radical (unpaired) electrons. The summed E-state index contributed by atoms with van der Waals surface area (Å²) in [4.78, 5) is 0. The maximum atomic E-state index is 12.9. The molecule has 1 aromatic carbocycles. The number of halogens is 2.